The van der Waals surface area contributed by atoms with E-state index in [0.29, 0.717) is 17.9 Å². The SMILES string of the molecule is CCOc1ccccc1/C=C/C(=O)c1ccc(OC(=O)c2cccc([N+](=O)[O-])c2)cc1. The van der Waals surface area contributed by atoms with Crippen LogP contribution in [0.4, 0.5) is 5.69 Å². The lowest BCUT2D eigenvalue weighted by molar-refractivity contribution is -0.384. The van der Waals surface area contributed by atoms with Gasteiger partial charge in [0, 0.05) is 23.3 Å². The number of nitro groups is 1. The molecule has 0 aromatic heterocycles. The van der Waals surface area contributed by atoms with Crippen LogP contribution in [-0.4, -0.2) is 23.3 Å². The van der Waals surface area contributed by atoms with Crippen LogP contribution < -0.4 is 9.47 Å². The molecule has 0 N–H and O–H groups in total. The molecular formula is C24H19NO6. The second-order valence-corrected chi connectivity index (χ2v) is 6.39. The summed E-state index contributed by atoms with van der Waals surface area (Å²) in [7, 11) is 0. The van der Waals surface area contributed by atoms with Crippen molar-refractivity contribution in [1.82, 2.24) is 0 Å². The number of hydrogen-bond donors (Lipinski definition) is 0. The molecule has 7 nitrogen and oxygen atoms in total. The van der Waals surface area contributed by atoms with Gasteiger partial charge in [-0.25, -0.2) is 4.79 Å². The van der Waals surface area contributed by atoms with E-state index in [4.69, 9.17) is 9.47 Å². The molecule has 0 saturated heterocycles. The van der Waals surface area contributed by atoms with Crippen LogP contribution in [0.2, 0.25) is 0 Å². The molecule has 7 heteroatoms. The number of non-ortho nitro benzene ring substituents is 1. The number of hydrogen-bond acceptors (Lipinski definition) is 6. The summed E-state index contributed by atoms with van der Waals surface area (Å²) in [5.74, 6) is -0.0331. The van der Waals surface area contributed by atoms with Crippen LogP contribution in [0.15, 0.2) is 78.9 Å². The smallest absolute Gasteiger partial charge is 0.343 e. The minimum atomic E-state index is -0.727. The van der Waals surface area contributed by atoms with E-state index >= 15 is 0 Å². The van der Waals surface area contributed by atoms with Crippen LogP contribution >= 0.6 is 0 Å². The molecule has 0 unspecified atom stereocenters. The highest BCUT2D eigenvalue weighted by atomic mass is 16.6. The molecule has 156 valence electrons. The third-order valence-electron chi connectivity index (χ3n) is 4.28. The Labute approximate surface area is 178 Å². The average molecular weight is 417 g/mol. The van der Waals surface area contributed by atoms with E-state index in [9.17, 15) is 19.7 Å². The van der Waals surface area contributed by atoms with Crippen LogP contribution in [0.1, 0.15) is 33.2 Å². The zero-order valence-corrected chi connectivity index (χ0v) is 16.7. The van der Waals surface area contributed by atoms with Crippen molar-refractivity contribution in [3.05, 3.63) is 106 Å². The van der Waals surface area contributed by atoms with E-state index in [0.717, 1.165) is 11.6 Å². The standard InChI is InChI=1S/C24H19NO6/c1-2-30-23-9-4-3-6-18(23)12-15-22(26)17-10-13-21(14-11-17)31-24(27)19-7-5-8-20(16-19)25(28)29/h3-16H,2H2,1H3/b15-12+. The van der Waals surface area contributed by atoms with Crippen molar-refractivity contribution in [3.63, 3.8) is 0 Å². The normalized spacial score (nSPS) is 10.6. The molecule has 0 spiro atoms. The Morgan fingerprint density at radius 1 is 0.968 bits per heavy atom. The summed E-state index contributed by atoms with van der Waals surface area (Å²) in [6.45, 7) is 2.41. The fourth-order valence-corrected chi connectivity index (χ4v) is 2.77. The lowest BCUT2D eigenvalue weighted by Gasteiger charge is -2.06. The van der Waals surface area contributed by atoms with Gasteiger partial charge in [0.05, 0.1) is 17.1 Å². The Kier molecular flexibility index (Phi) is 6.90. The summed E-state index contributed by atoms with van der Waals surface area (Å²) in [4.78, 5) is 34.9. The lowest BCUT2D eigenvalue weighted by atomic mass is 10.1. The minimum absolute atomic E-state index is 0.0604. The van der Waals surface area contributed by atoms with Gasteiger partial charge in [-0.05, 0) is 55.5 Å². The van der Waals surface area contributed by atoms with Crippen molar-refractivity contribution in [2.45, 2.75) is 6.92 Å². The van der Waals surface area contributed by atoms with E-state index in [1.54, 1.807) is 6.08 Å². The molecular weight excluding hydrogens is 398 g/mol. The maximum absolute atomic E-state index is 12.4. The Balaban J connectivity index is 1.67. The minimum Gasteiger partial charge on any atom is -0.493 e. The first kappa shape index (κ1) is 21.4. The van der Waals surface area contributed by atoms with E-state index < -0.39 is 10.9 Å². The van der Waals surface area contributed by atoms with Crippen LogP contribution in [-0.2, 0) is 0 Å². The predicted molar refractivity (Wildman–Crippen MR) is 115 cm³/mol. The molecule has 3 aromatic rings. The van der Waals surface area contributed by atoms with E-state index in [1.807, 2.05) is 31.2 Å². The summed E-state index contributed by atoms with van der Waals surface area (Å²) in [6, 6.07) is 18.7. The Bertz CT molecular complexity index is 1130. The quantitative estimate of drug-likeness (QED) is 0.126. The largest absolute Gasteiger partial charge is 0.493 e. The fraction of sp³-hybridized carbons (Fsp3) is 0.0833. The van der Waals surface area contributed by atoms with Gasteiger partial charge in [-0.2, -0.15) is 0 Å². The van der Waals surface area contributed by atoms with Crippen molar-refractivity contribution >= 4 is 23.5 Å². The number of nitro benzene ring substituents is 1. The van der Waals surface area contributed by atoms with Gasteiger partial charge in [0.2, 0.25) is 0 Å². The Hall–Kier alpha value is -4.26. The van der Waals surface area contributed by atoms with Gasteiger partial charge in [-0.3, -0.25) is 14.9 Å². The van der Waals surface area contributed by atoms with Crippen molar-refractivity contribution in [1.29, 1.82) is 0 Å². The number of esters is 1. The number of para-hydroxylation sites is 1. The van der Waals surface area contributed by atoms with Gasteiger partial charge in [0.15, 0.2) is 5.78 Å². The zero-order valence-electron chi connectivity index (χ0n) is 16.7. The maximum atomic E-state index is 12.4. The highest BCUT2D eigenvalue weighted by molar-refractivity contribution is 6.07. The molecule has 0 amide bonds. The topological polar surface area (TPSA) is 95.7 Å². The third kappa shape index (κ3) is 5.63. The van der Waals surface area contributed by atoms with Gasteiger partial charge >= 0.3 is 5.97 Å². The first-order valence-corrected chi connectivity index (χ1v) is 9.49. The molecule has 0 bridgehead atoms. The first-order chi connectivity index (χ1) is 15.0. The number of allylic oxidation sites excluding steroid dienone is 1. The number of carbonyl (C=O) groups is 2. The number of ether oxygens (including phenoxy) is 2. The van der Waals surface area contributed by atoms with Crippen LogP contribution in [0.5, 0.6) is 11.5 Å². The summed E-state index contributed by atoms with van der Waals surface area (Å²) in [5, 5.41) is 10.8. The van der Waals surface area contributed by atoms with Crippen molar-refractivity contribution in [3.8, 4) is 11.5 Å². The van der Waals surface area contributed by atoms with Gasteiger partial charge < -0.3 is 9.47 Å². The molecule has 0 saturated carbocycles. The van der Waals surface area contributed by atoms with E-state index in [1.165, 1.54) is 48.5 Å². The highest BCUT2D eigenvalue weighted by Crippen LogP contribution is 2.21. The average Bonchev–Trinajstić information content (AvgIpc) is 2.79. The second-order valence-electron chi connectivity index (χ2n) is 6.39. The van der Waals surface area contributed by atoms with Gasteiger partial charge in [-0.15, -0.1) is 0 Å². The molecule has 0 heterocycles. The highest BCUT2D eigenvalue weighted by Gasteiger charge is 2.14. The zero-order chi connectivity index (χ0) is 22.2. The van der Waals surface area contributed by atoms with Crippen molar-refractivity contribution in [2.75, 3.05) is 6.61 Å². The number of benzene rings is 3. The number of ketones is 1. The predicted octanol–water partition coefficient (Wildman–Crippen LogP) is 5.11. The van der Waals surface area contributed by atoms with Crippen molar-refractivity contribution in [2.24, 2.45) is 0 Å². The second kappa shape index (κ2) is 9.98. The van der Waals surface area contributed by atoms with Crippen LogP contribution in [0, 0.1) is 10.1 Å². The van der Waals surface area contributed by atoms with Crippen LogP contribution in [0.25, 0.3) is 6.08 Å². The molecule has 0 radical (unpaired) electrons. The summed E-state index contributed by atoms with van der Waals surface area (Å²) >= 11 is 0. The lowest BCUT2D eigenvalue weighted by Crippen LogP contribution is -2.09. The maximum Gasteiger partial charge on any atom is 0.343 e. The van der Waals surface area contributed by atoms with E-state index in [2.05, 4.69) is 0 Å². The van der Waals surface area contributed by atoms with E-state index in [-0.39, 0.29) is 22.8 Å². The number of nitrogens with zero attached hydrogens (tertiary/aromatic N) is 1. The molecule has 3 aromatic carbocycles. The summed E-state index contributed by atoms with van der Waals surface area (Å²) in [6.07, 6.45) is 3.13. The number of rotatable bonds is 8. The molecule has 0 aliphatic carbocycles. The molecule has 0 aliphatic heterocycles. The first-order valence-electron chi connectivity index (χ1n) is 9.49. The Morgan fingerprint density at radius 3 is 2.42 bits per heavy atom. The van der Waals surface area contributed by atoms with Gasteiger partial charge in [-0.1, -0.05) is 24.3 Å². The number of carbonyl (C=O) groups excluding carboxylic acids is 2. The molecule has 3 rings (SSSR count). The molecule has 0 aliphatic rings. The van der Waals surface area contributed by atoms with Gasteiger partial charge in [0.25, 0.3) is 5.69 Å². The Morgan fingerprint density at radius 2 is 1.71 bits per heavy atom. The van der Waals surface area contributed by atoms with Gasteiger partial charge in [0.1, 0.15) is 11.5 Å². The van der Waals surface area contributed by atoms with Crippen molar-refractivity contribution < 1.29 is 24.0 Å². The summed E-state index contributed by atoms with van der Waals surface area (Å²) < 4.78 is 10.8. The molecule has 0 fully saturated rings. The molecule has 0 atom stereocenters. The fourth-order valence-electron chi connectivity index (χ4n) is 2.77. The third-order valence-corrected chi connectivity index (χ3v) is 4.28. The monoisotopic (exact) mass is 417 g/mol. The molecule has 31 heavy (non-hydrogen) atoms. The summed E-state index contributed by atoms with van der Waals surface area (Å²) in [5.41, 5.74) is 1.07. The van der Waals surface area contributed by atoms with Crippen LogP contribution in [0.3, 0.4) is 0 Å².